The van der Waals surface area contributed by atoms with Crippen LogP contribution in [0.4, 0.5) is 0 Å². The Bertz CT molecular complexity index is 500. The lowest BCUT2D eigenvalue weighted by molar-refractivity contribution is -0.419. The fourth-order valence-corrected chi connectivity index (χ4v) is 2.62. The Labute approximate surface area is 118 Å². The summed E-state index contributed by atoms with van der Waals surface area (Å²) in [5.74, 6) is 0.102. The molecular formula is C14H19N3O3. The maximum absolute atomic E-state index is 11.3. The second kappa shape index (κ2) is 6.00. The molecule has 1 unspecified atom stereocenters. The molecular weight excluding hydrogens is 258 g/mol. The first-order valence-electron chi connectivity index (χ1n) is 6.69. The third-order valence-corrected chi connectivity index (χ3v) is 3.77. The van der Waals surface area contributed by atoms with Gasteiger partial charge in [-0.1, -0.05) is 12.2 Å². The van der Waals surface area contributed by atoms with E-state index in [1.807, 2.05) is 17.9 Å². The number of rotatable bonds is 2. The fourth-order valence-electron chi connectivity index (χ4n) is 2.62. The van der Waals surface area contributed by atoms with Crippen LogP contribution in [-0.4, -0.2) is 52.9 Å². The van der Waals surface area contributed by atoms with Crippen LogP contribution >= 0.6 is 0 Å². The monoisotopic (exact) mass is 277 g/mol. The second-order valence-corrected chi connectivity index (χ2v) is 5.11. The first kappa shape index (κ1) is 14.5. The molecule has 20 heavy (non-hydrogen) atoms. The summed E-state index contributed by atoms with van der Waals surface area (Å²) in [6.45, 7) is 6.49. The Morgan fingerprint density at radius 2 is 2.00 bits per heavy atom. The first-order chi connectivity index (χ1) is 9.49. The van der Waals surface area contributed by atoms with E-state index in [9.17, 15) is 14.9 Å². The molecule has 0 radical (unpaired) electrons. The third-order valence-electron chi connectivity index (χ3n) is 3.77. The summed E-state index contributed by atoms with van der Waals surface area (Å²) >= 11 is 0. The molecule has 1 fully saturated rings. The minimum Gasteiger partial charge on any atom is -0.340 e. The molecule has 108 valence electrons. The van der Waals surface area contributed by atoms with Crippen LogP contribution in [0.2, 0.25) is 0 Å². The predicted octanol–water partition coefficient (Wildman–Crippen LogP) is 1.20. The largest absolute Gasteiger partial charge is 0.340 e. The van der Waals surface area contributed by atoms with Crippen LogP contribution in [-0.2, 0) is 4.79 Å². The van der Waals surface area contributed by atoms with Crippen molar-refractivity contribution in [3.63, 3.8) is 0 Å². The zero-order valence-corrected chi connectivity index (χ0v) is 11.8. The number of hydrogen-bond acceptors (Lipinski definition) is 4. The number of allylic oxidation sites excluding steroid dienone is 3. The van der Waals surface area contributed by atoms with E-state index in [0.29, 0.717) is 13.1 Å². The number of carbonyl (C=O) groups excluding carboxylic acids is 1. The lowest BCUT2D eigenvalue weighted by Gasteiger charge is -2.38. The van der Waals surface area contributed by atoms with Crippen LogP contribution in [0.25, 0.3) is 0 Å². The van der Waals surface area contributed by atoms with Crippen LogP contribution in [0.3, 0.4) is 0 Å². The van der Waals surface area contributed by atoms with Gasteiger partial charge in [0.1, 0.15) is 0 Å². The molecule has 0 N–H and O–H groups in total. The lowest BCUT2D eigenvalue weighted by atomic mass is 10.1. The molecule has 0 aromatic rings. The van der Waals surface area contributed by atoms with Crippen molar-refractivity contribution < 1.29 is 9.72 Å². The van der Waals surface area contributed by atoms with Gasteiger partial charge in [0.2, 0.25) is 5.91 Å². The van der Waals surface area contributed by atoms with E-state index in [4.69, 9.17) is 0 Å². The van der Waals surface area contributed by atoms with Crippen molar-refractivity contribution in [3.8, 4) is 0 Å². The molecule has 1 saturated heterocycles. The highest BCUT2D eigenvalue weighted by molar-refractivity contribution is 5.73. The number of amides is 1. The van der Waals surface area contributed by atoms with Crippen molar-refractivity contribution in [1.29, 1.82) is 0 Å². The van der Waals surface area contributed by atoms with E-state index in [-0.39, 0.29) is 22.6 Å². The van der Waals surface area contributed by atoms with Gasteiger partial charge in [-0.2, -0.15) is 0 Å². The molecule has 2 aliphatic rings. The van der Waals surface area contributed by atoms with Crippen molar-refractivity contribution in [2.24, 2.45) is 0 Å². The highest BCUT2D eigenvalue weighted by Crippen LogP contribution is 2.19. The van der Waals surface area contributed by atoms with Crippen molar-refractivity contribution in [1.82, 2.24) is 9.80 Å². The minimum atomic E-state index is -0.371. The predicted molar refractivity (Wildman–Crippen MR) is 75.6 cm³/mol. The Kier molecular flexibility index (Phi) is 4.34. The van der Waals surface area contributed by atoms with E-state index in [1.54, 1.807) is 19.1 Å². The van der Waals surface area contributed by atoms with E-state index in [1.165, 1.54) is 6.08 Å². The number of carbonyl (C=O) groups is 1. The molecule has 2 rings (SSSR count). The van der Waals surface area contributed by atoms with Crippen molar-refractivity contribution in [2.75, 3.05) is 26.2 Å². The zero-order chi connectivity index (χ0) is 14.7. The van der Waals surface area contributed by atoms with E-state index >= 15 is 0 Å². The van der Waals surface area contributed by atoms with Gasteiger partial charge < -0.3 is 4.90 Å². The molecule has 0 aromatic heterocycles. The van der Waals surface area contributed by atoms with E-state index in [2.05, 4.69) is 4.90 Å². The van der Waals surface area contributed by atoms with Crippen LogP contribution < -0.4 is 0 Å². The summed E-state index contributed by atoms with van der Waals surface area (Å²) in [5.41, 5.74) is 1.07. The zero-order valence-electron chi connectivity index (χ0n) is 11.8. The number of nitro groups is 1. The van der Waals surface area contributed by atoms with Gasteiger partial charge in [0, 0.05) is 51.3 Å². The van der Waals surface area contributed by atoms with Crippen LogP contribution in [0.5, 0.6) is 0 Å². The maximum atomic E-state index is 11.3. The highest BCUT2D eigenvalue weighted by atomic mass is 16.6. The molecule has 1 amide bonds. The van der Waals surface area contributed by atoms with Crippen LogP contribution in [0.1, 0.15) is 13.8 Å². The van der Waals surface area contributed by atoms with Crippen molar-refractivity contribution in [2.45, 2.75) is 19.9 Å². The van der Waals surface area contributed by atoms with Gasteiger partial charge in [-0.25, -0.2) is 0 Å². The smallest absolute Gasteiger partial charge is 0.269 e. The van der Waals surface area contributed by atoms with Crippen molar-refractivity contribution >= 4 is 5.91 Å². The highest BCUT2D eigenvalue weighted by Gasteiger charge is 2.25. The van der Waals surface area contributed by atoms with Gasteiger partial charge in [-0.05, 0) is 12.5 Å². The lowest BCUT2D eigenvalue weighted by Crippen LogP contribution is -2.51. The molecule has 1 heterocycles. The van der Waals surface area contributed by atoms with Gasteiger partial charge in [-0.15, -0.1) is 0 Å². The van der Waals surface area contributed by atoms with Gasteiger partial charge in [0.15, 0.2) is 0 Å². The molecule has 0 saturated carbocycles. The Balaban J connectivity index is 2.06. The average molecular weight is 277 g/mol. The van der Waals surface area contributed by atoms with Gasteiger partial charge >= 0.3 is 0 Å². The molecule has 0 bridgehead atoms. The summed E-state index contributed by atoms with van der Waals surface area (Å²) in [6.07, 6.45) is 6.87. The molecule has 0 spiro atoms. The molecule has 1 aliphatic carbocycles. The summed E-state index contributed by atoms with van der Waals surface area (Å²) in [5, 5.41) is 10.9. The summed E-state index contributed by atoms with van der Waals surface area (Å²) in [4.78, 5) is 25.9. The van der Waals surface area contributed by atoms with Crippen LogP contribution in [0, 0.1) is 10.1 Å². The Hall–Kier alpha value is -1.95. The van der Waals surface area contributed by atoms with Gasteiger partial charge in [0.05, 0.1) is 4.92 Å². The van der Waals surface area contributed by atoms with Gasteiger partial charge in [-0.3, -0.25) is 19.8 Å². The Morgan fingerprint density at radius 3 is 2.55 bits per heavy atom. The topological polar surface area (TPSA) is 66.7 Å². The average Bonchev–Trinajstić information content (AvgIpc) is 2.61. The number of nitrogens with zero attached hydrogens (tertiary/aromatic N) is 3. The summed E-state index contributed by atoms with van der Waals surface area (Å²) in [6, 6.07) is 0.0674. The number of piperazine rings is 1. The van der Waals surface area contributed by atoms with E-state index in [0.717, 1.165) is 18.7 Å². The maximum Gasteiger partial charge on any atom is 0.269 e. The quantitative estimate of drug-likeness (QED) is 0.562. The SMILES string of the molecule is CC(=O)N1CCN(C2C=CC=C([N+](=O)[O-])C=C2C)CC1. The Morgan fingerprint density at radius 1 is 1.35 bits per heavy atom. The van der Waals surface area contributed by atoms with E-state index < -0.39 is 0 Å². The number of hydrogen-bond donors (Lipinski definition) is 0. The standard InChI is InChI=1S/C14H19N3O3/c1-11-10-13(17(19)20)4-3-5-14(11)16-8-6-15(7-9-16)12(2)18/h3-5,10,14H,6-9H2,1-2H3. The summed E-state index contributed by atoms with van der Waals surface area (Å²) in [7, 11) is 0. The first-order valence-corrected chi connectivity index (χ1v) is 6.69. The minimum absolute atomic E-state index is 0.0674. The molecule has 0 aromatic carbocycles. The molecule has 1 atom stereocenters. The second-order valence-electron chi connectivity index (χ2n) is 5.11. The van der Waals surface area contributed by atoms with Gasteiger partial charge in [0.25, 0.3) is 5.70 Å². The third kappa shape index (κ3) is 3.14. The van der Waals surface area contributed by atoms with Crippen molar-refractivity contribution in [3.05, 3.63) is 45.7 Å². The normalized spacial score (nSPS) is 23.9. The summed E-state index contributed by atoms with van der Waals surface area (Å²) < 4.78 is 0. The fraction of sp³-hybridized carbons (Fsp3) is 0.500. The molecule has 1 aliphatic heterocycles. The van der Waals surface area contributed by atoms with Crippen LogP contribution in [0.15, 0.2) is 35.6 Å². The molecule has 6 nitrogen and oxygen atoms in total. The molecule has 6 heteroatoms.